The Morgan fingerprint density at radius 3 is 2.31 bits per heavy atom. The van der Waals surface area contributed by atoms with Crippen molar-refractivity contribution in [3.63, 3.8) is 0 Å². The second kappa shape index (κ2) is 5.94. The highest BCUT2D eigenvalue weighted by Gasteiger charge is 2.21. The maximum Gasteiger partial charge on any atom is 0.238 e. The van der Waals surface area contributed by atoms with Gasteiger partial charge in [-0.25, -0.2) is 0 Å². The summed E-state index contributed by atoms with van der Waals surface area (Å²) < 4.78 is 0. The van der Waals surface area contributed by atoms with Crippen LogP contribution in [0.5, 0.6) is 0 Å². The number of rotatable bonds is 5. The zero-order chi connectivity index (χ0) is 10.4. The fourth-order valence-electron chi connectivity index (χ4n) is 1.49. The Hall–Kier alpha value is -0.610. The van der Waals surface area contributed by atoms with Crippen molar-refractivity contribution in [1.29, 1.82) is 0 Å². The minimum Gasteiger partial charge on any atom is -0.342 e. The summed E-state index contributed by atoms with van der Waals surface area (Å²) in [6, 6.07) is 0.275. The lowest BCUT2D eigenvalue weighted by Crippen LogP contribution is -2.49. The normalized spacial score (nSPS) is 13.5. The average molecular weight is 187 g/mol. The number of hydrogen-bond acceptors (Lipinski definition) is 3. The molecule has 0 aromatic heterocycles. The van der Waals surface area contributed by atoms with Gasteiger partial charge in [-0.2, -0.15) is 0 Å². The molecule has 0 aliphatic carbocycles. The van der Waals surface area contributed by atoms with Crippen LogP contribution in [0, 0.1) is 0 Å². The number of nitrogens with one attached hydrogen (secondary N) is 1. The Labute approximate surface area is 80.5 Å². The summed E-state index contributed by atoms with van der Waals surface area (Å²) in [7, 11) is 0. The smallest absolute Gasteiger partial charge is 0.238 e. The van der Waals surface area contributed by atoms with Crippen molar-refractivity contribution in [2.45, 2.75) is 39.8 Å². The molecular formula is C9H21N3O. The van der Waals surface area contributed by atoms with Crippen LogP contribution in [-0.4, -0.2) is 36.1 Å². The number of carbonyl (C=O) groups excluding carboxylic acids is 1. The Morgan fingerprint density at radius 2 is 2.00 bits per heavy atom. The fourth-order valence-corrected chi connectivity index (χ4v) is 1.49. The van der Waals surface area contributed by atoms with Gasteiger partial charge in [0, 0.05) is 6.04 Å². The van der Waals surface area contributed by atoms with Gasteiger partial charge in [0.15, 0.2) is 0 Å². The van der Waals surface area contributed by atoms with Gasteiger partial charge >= 0.3 is 0 Å². The standard InChI is InChI=1S/C9H21N3O/c1-5-12(7(2)3)8(4)9(13)11-6-10/h7-8H,5-6,10H2,1-4H3,(H,11,13)/t8-/m0/s1. The molecule has 0 heterocycles. The van der Waals surface area contributed by atoms with Crippen LogP contribution < -0.4 is 11.1 Å². The summed E-state index contributed by atoms with van der Waals surface area (Å²) in [6.07, 6.45) is 0. The molecule has 13 heavy (non-hydrogen) atoms. The molecule has 0 radical (unpaired) electrons. The van der Waals surface area contributed by atoms with Gasteiger partial charge in [-0.05, 0) is 27.3 Å². The Balaban J connectivity index is 4.19. The van der Waals surface area contributed by atoms with Crippen LogP contribution in [0.4, 0.5) is 0 Å². The first-order valence-corrected chi connectivity index (χ1v) is 4.78. The van der Waals surface area contributed by atoms with E-state index in [0.717, 1.165) is 6.54 Å². The molecule has 1 amide bonds. The third-order valence-corrected chi connectivity index (χ3v) is 2.18. The molecule has 0 saturated heterocycles. The average Bonchev–Trinajstić information content (AvgIpc) is 2.05. The van der Waals surface area contributed by atoms with Crippen molar-refractivity contribution >= 4 is 5.91 Å². The third kappa shape index (κ3) is 3.74. The van der Waals surface area contributed by atoms with E-state index in [0.29, 0.717) is 6.04 Å². The highest BCUT2D eigenvalue weighted by atomic mass is 16.2. The van der Waals surface area contributed by atoms with Gasteiger partial charge in [0.25, 0.3) is 0 Å². The molecular weight excluding hydrogens is 166 g/mol. The Kier molecular flexibility index (Phi) is 5.66. The van der Waals surface area contributed by atoms with E-state index in [4.69, 9.17) is 5.73 Å². The molecule has 0 fully saturated rings. The summed E-state index contributed by atoms with van der Waals surface area (Å²) in [5.41, 5.74) is 5.23. The summed E-state index contributed by atoms with van der Waals surface area (Å²) in [6.45, 7) is 9.18. The van der Waals surface area contributed by atoms with Crippen LogP contribution in [0.15, 0.2) is 0 Å². The van der Waals surface area contributed by atoms with Gasteiger partial charge in [0.05, 0.1) is 12.7 Å². The number of likely N-dealkylation sites (N-methyl/N-ethyl adjacent to an activating group) is 1. The molecule has 0 spiro atoms. The van der Waals surface area contributed by atoms with Crippen LogP contribution in [0.1, 0.15) is 27.7 Å². The van der Waals surface area contributed by atoms with Crippen LogP contribution >= 0.6 is 0 Å². The highest BCUT2D eigenvalue weighted by Crippen LogP contribution is 2.04. The molecule has 4 heteroatoms. The van der Waals surface area contributed by atoms with E-state index >= 15 is 0 Å². The van der Waals surface area contributed by atoms with E-state index in [1.165, 1.54) is 0 Å². The van der Waals surface area contributed by atoms with Crippen molar-refractivity contribution in [2.75, 3.05) is 13.2 Å². The molecule has 0 aliphatic rings. The molecule has 78 valence electrons. The molecule has 0 aliphatic heterocycles. The van der Waals surface area contributed by atoms with Gasteiger partial charge in [-0.15, -0.1) is 0 Å². The second-order valence-electron chi connectivity index (χ2n) is 3.35. The molecule has 0 bridgehead atoms. The lowest BCUT2D eigenvalue weighted by atomic mass is 10.2. The summed E-state index contributed by atoms with van der Waals surface area (Å²) in [5, 5.41) is 2.61. The largest absolute Gasteiger partial charge is 0.342 e. The SMILES string of the molecule is CCN(C(C)C)[C@@H](C)C(=O)NCN. The second-order valence-corrected chi connectivity index (χ2v) is 3.35. The monoisotopic (exact) mass is 187 g/mol. The number of nitrogens with two attached hydrogens (primary N) is 1. The van der Waals surface area contributed by atoms with Gasteiger partial charge in [-0.1, -0.05) is 6.92 Å². The van der Waals surface area contributed by atoms with E-state index in [2.05, 4.69) is 24.1 Å². The number of amides is 1. The first-order valence-electron chi connectivity index (χ1n) is 4.78. The predicted molar refractivity (Wildman–Crippen MR) is 54.2 cm³/mol. The van der Waals surface area contributed by atoms with E-state index in [-0.39, 0.29) is 18.6 Å². The lowest BCUT2D eigenvalue weighted by Gasteiger charge is -2.30. The number of carbonyl (C=O) groups is 1. The number of hydrogen-bond donors (Lipinski definition) is 2. The zero-order valence-corrected chi connectivity index (χ0v) is 9.00. The van der Waals surface area contributed by atoms with Crippen molar-refractivity contribution < 1.29 is 4.79 Å². The van der Waals surface area contributed by atoms with Crippen molar-refractivity contribution in [2.24, 2.45) is 5.73 Å². The molecule has 4 nitrogen and oxygen atoms in total. The predicted octanol–water partition coefficient (Wildman–Crippen LogP) is 0.138. The lowest BCUT2D eigenvalue weighted by molar-refractivity contribution is -0.126. The molecule has 1 atom stereocenters. The van der Waals surface area contributed by atoms with Crippen molar-refractivity contribution in [3.05, 3.63) is 0 Å². The van der Waals surface area contributed by atoms with Crippen LogP contribution in [0.25, 0.3) is 0 Å². The van der Waals surface area contributed by atoms with Gasteiger partial charge in [0.2, 0.25) is 5.91 Å². The zero-order valence-electron chi connectivity index (χ0n) is 9.00. The van der Waals surface area contributed by atoms with E-state index in [1.54, 1.807) is 0 Å². The van der Waals surface area contributed by atoms with E-state index in [1.807, 2.05) is 13.8 Å². The van der Waals surface area contributed by atoms with Gasteiger partial charge in [0.1, 0.15) is 0 Å². The molecule has 0 aromatic rings. The molecule has 0 rings (SSSR count). The maximum atomic E-state index is 11.4. The maximum absolute atomic E-state index is 11.4. The summed E-state index contributed by atoms with van der Waals surface area (Å²) in [4.78, 5) is 13.5. The topological polar surface area (TPSA) is 58.4 Å². The minimum absolute atomic E-state index is 0.00181. The molecule has 3 N–H and O–H groups in total. The van der Waals surface area contributed by atoms with E-state index < -0.39 is 0 Å². The van der Waals surface area contributed by atoms with Gasteiger partial charge < -0.3 is 11.1 Å². The van der Waals surface area contributed by atoms with E-state index in [9.17, 15) is 4.79 Å². The fraction of sp³-hybridized carbons (Fsp3) is 0.889. The van der Waals surface area contributed by atoms with Crippen LogP contribution in [-0.2, 0) is 4.79 Å². The van der Waals surface area contributed by atoms with Crippen LogP contribution in [0.2, 0.25) is 0 Å². The quantitative estimate of drug-likeness (QED) is 0.602. The van der Waals surface area contributed by atoms with Crippen LogP contribution in [0.3, 0.4) is 0 Å². The van der Waals surface area contributed by atoms with Gasteiger partial charge in [-0.3, -0.25) is 9.69 Å². The molecule has 0 aromatic carbocycles. The summed E-state index contributed by atoms with van der Waals surface area (Å²) in [5.74, 6) is -0.00181. The first kappa shape index (κ1) is 12.4. The third-order valence-electron chi connectivity index (χ3n) is 2.18. The minimum atomic E-state index is -0.103. The summed E-state index contributed by atoms with van der Waals surface area (Å²) >= 11 is 0. The van der Waals surface area contributed by atoms with Crippen molar-refractivity contribution in [3.8, 4) is 0 Å². The highest BCUT2D eigenvalue weighted by molar-refractivity contribution is 5.81. The Bertz CT molecular complexity index is 159. The molecule has 0 unspecified atom stereocenters. The first-order chi connectivity index (χ1) is 6.04. The number of nitrogens with zero attached hydrogens (tertiary/aromatic N) is 1. The Morgan fingerprint density at radius 1 is 1.46 bits per heavy atom. The van der Waals surface area contributed by atoms with Crippen molar-refractivity contribution in [1.82, 2.24) is 10.2 Å². The molecule has 0 saturated carbocycles.